The molecular weight excluding hydrogens is 250 g/mol. The summed E-state index contributed by atoms with van der Waals surface area (Å²) >= 11 is 0. The van der Waals surface area contributed by atoms with Crippen molar-refractivity contribution in [2.45, 2.75) is 18.1 Å². The number of carbonyl (C=O) groups is 2. The van der Waals surface area contributed by atoms with Gasteiger partial charge in [-0.3, -0.25) is 0 Å². The number of aliphatic carboxylic acids is 2. The second-order valence-corrected chi connectivity index (χ2v) is 6.34. The van der Waals surface area contributed by atoms with Gasteiger partial charge in [-0.2, -0.15) is 0 Å². The molecule has 0 bridgehead atoms. The molecule has 16 heavy (non-hydrogen) atoms. The summed E-state index contributed by atoms with van der Waals surface area (Å²) in [5.74, 6) is -2.29. The van der Waals surface area contributed by atoms with Crippen LogP contribution in [0.25, 0.3) is 0 Å². The highest BCUT2D eigenvalue weighted by Gasteiger charge is 2.14. The van der Waals surface area contributed by atoms with Crippen LogP contribution in [-0.2, 0) is 9.59 Å². The fourth-order valence-corrected chi connectivity index (χ4v) is 3.98. The van der Waals surface area contributed by atoms with Crippen molar-refractivity contribution in [3.63, 3.8) is 0 Å². The van der Waals surface area contributed by atoms with Crippen LogP contribution < -0.4 is 0 Å². The van der Waals surface area contributed by atoms with Gasteiger partial charge >= 0.3 is 11.9 Å². The summed E-state index contributed by atoms with van der Waals surface area (Å²) in [6, 6.07) is 0. The summed E-state index contributed by atoms with van der Waals surface area (Å²) in [5.41, 5.74) is 0. The van der Waals surface area contributed by atoms with Crippen LogP contribution >= 0.6 is 21.6 Å². The Bertz CT molecular complexity index is 218. The number of carboxylic acid groups (broad SMARTS) is 2. The molecule has 5 nitrogen and oxygen atoms in total. The van der Waals surface area contributed by atoms with Gasteiger partial charge in [0.25, 0.3) is 0 Å². The smallest absolute Gasteiger partial charge is 0.414 e. The van der Waals surface area contributed by atoms with E-state index in [-0.39, 0.29) is 0 Å². The van der Waals surface area contributed by atoms with Crippen LogP contribution in [0.5, 0.6) is 0 Å². The largest absolute Gasteiger partial charge is 0.473 e. The minimum absolute atomic E-state index is 0.883. The first-order valence-electron chi connectivity index (χ1n) is 4.82. The van der Waals surface area contributed by atoms with E-state index in [1.165, 1.54) is 25.1 Å². The molecule has 1 unspecified atom stereocenters. The third-order valence-corrected chi connectivity index (χ3v) is 4.68. The summed E-state index contributed by atoms with van der Waals surface area (Å²) in [6.07, 6.45) is 2.83. The maximum atomic E-state index is 9.10. The van der Waals surface area contributed by atoms with Crippen molar-refractivity contribution < 1.29 is 19.8 Å². The summed E-state index contributed by atoms with van der Waals surface area (Å²) < 4.78 is 0. The lowest BCUT2D eigenvalue weighted by molar-refractivity contribution is -0.159. The fraction of sp³-hybridized carbons (Fsp3) is 0.778. The molecule has 1 aliphatic heterocycles. The van der Waals surface area contributed by atoms with Crippen LogP contribution in [-0.4, -0.2) is 58.7 Å². The SMILES string of the molecule is CN(C)CC1CCCSS1.O=C(O)C(=O)O. The van der Waals surface area contributed by atoms with Crippen LogP contribution in [0.3, 0.4) is 0 Å². The van der Waals surface area contributed by atoms with Crippen molar-refractivity contribution in [1.29, 1.82) is 0 Å². The topological polar surface area (TPSA) is 77.8 Å². The van der Waals surface area contributed by atoms with E-state index >= 15 is 0 Å². The molecule has 0 aromatic heterocycles. The molecule has 0 amide bonds. The van der Waals surface area contributed by atoms with Crippen molar-refractivity contribution in [3.05, 3.63) is 0 Å². The van der Waals surface area contributed by atoms with E-state index in [0.717, 1.165) is 5.25 Å². The van der Waals surface area contributed by atoms with Crippen molar-refractivity contribution >= 4 is 33.5 Å². The van der Waals surface area contributed by atoms with Gasteiger partial charge in [-0.25, -0.2) is 9.59 Å². The fourth-order valence-electron chi connectivity index (χ4n) is 1.09. The van der Waals surface area contributed by atoms with E-state index in [9.17, 15) is 0 Å². The van der Waals surface area contributed by atoms with Gasteiger partial charge in [-0.05, 0) is 26.9 Å². The molecule has 1 heterocycles. The van der Waals surface area contributed by atoms with Crippen molar-refractivity contribution in [2.24, 2.45) is 0 Å². The number of carboxylic acids is 2. The maximum Gasteiger partial charge on any atom is 0.414 e. The van der Waals surface area contributed by atoms with E-state index in [1.54, 1.807) is 0 Å². The van der Waals surface area contributed by atoms with Crippen LogP contribution in [0.4, 0.5) is 0 Å². The number of hydrogen-bond acceptors (Lipinski definition) is 5. The zero-order valence-electron chi connectivity index (χ0n) is 9.38. The molecule has 1 atom stereocenters. The molecule has 7 heteroatoms. The summed E-state index contributed by atoms with van der Waals surface area (Å²) in [5, 5.41) is 15.7. The Morgan fingerprint density at radius 3 is 2.19 bits per heavy atom. The highest BCUT2D eigenvalue weighted by molar-refractivity contribution is 8.77. The number of hydrogen-bond donors (Lipinski definition) is 2. The first-order valence-corrected chi connectivity index (χ1v) is 7.21. The van der Waals surface area contributed by atoms with Gasteiger partial charge in [-0.1, -0.05) is 21.6 Å². The standard InChI is InChI=1S/C7H15NS2.C2H2O4/c1-8(2)6-7-4-3-5-9-10-7;3-1(4)2(5)6/h7H,3-6H2,1-2H3;(H,3,4)(H,5,6). The number of rotatable bonds is 2. The molecule has 0 aromatic carbocycles. The molecule has 1 rings (SSSR count). The van der Waals surface area contributed by atoms with Crippen LogP contribution in [0.15, 0.2) is 0 Å². The quantitative estimate of drug-likeness (QED) is 0.576. The lowest BCUT2D eigenvalue weighted by Crippen LogP contribution is -2.24. The van der Waals surface area contributed by atoms with E-state index in [1.807, 2.05) is 10.8 Å². The molecule has 0 aliphatic carbocycles. The van der Waals surface area contributed by atoms with Crippen LogP contribution in [0.2, 0.25) is 0 Å². The van der Waals surface area contributed by atoms with Gasteiger partial charge in [-0.15, -0.1) is 0 Å². The van der Waals surface area contributed by atoms with Crippen molar-refractivity contribution in [3.8, 4) is 0 Å². The summed E-state index contributed by atoms with van der Waals surface area (Å²) in [4.78, 5) is 20.5. The Hall–Kier alpha value is -0.400. The minimum atomic E-state index is -1.82. The zero-order valence-corrected chi connectivity index (χ0v) is 11.0. The lowest BCUT2D eigenvalue weighted by atomic mass is 10.2. The Kier molecular flexibility index (Phi) is 8.50. The molecule has 94 valence electrons. The third-order valence-electron chi connectivity index (χ3n) is 1.71. The van der Waals surface area contributed by atoms with Gasteiger partial charge in [0, 0.05) is 17.5 Å². The first kappa shape index (κ1) is 15.6. The van der Waals surface area contributed by atoms with E-state index in [2.05, 4.69) is 29.8 Å². The molecule has 0 aromatic rings. The second-order valence-electron chi connectivity index (χ2n) is 3.55. The first-order chi connectivity index (χ1) is 7.43. The average molecular weight is 267 g/mol. The minimum Gasteiger partial charge on any atom is -0.473 e. The highest BCUT2D eigenvalue weighted by Crippen LogP contribution is 2.35. The molecule has 0 saturated carbocycles. The van der Waals surface area contributed by atoms with Gasteiger partial charge in [0.2, 0.25) is 0 Å². The molecule has 1 fully saturated rings. The Labute approximate surface area is 103 Å². The molecule has 1 saturated heterocycles. The zero-order chi connectivity index (χ0) is 12.6. The molecule has 0 spiro atoms. The Morgan fingerprint density at radius 2 is 1.88 bits per heavy atom. The highest BCUT2D eigenvalue weighted by atomic mass is 33.1. The van der Waals surface area contributed by atoms with Gasteiger partial charge in [0.1, 0.15) is 0 Å². The maximum absolute atomic E-state index is 9.10. The molecular formula is C9H17NO4S2. The summed E-state index contributed by atoms with van der Waals surface area (Å²) in [7, 11) is 8.41. The number of nitrogens with zero attached hydrogens (tertiary/aromatic N) is 1. The second kappa shape index (κ2) is 8.72. The van der Waals surface area contributed by atoms with Crippen molar-refractivity contribution in [2.75, 3.05) is 26.4 Å². The van der Waals surface area contributed by atoms with E-state index in [0.29, 0.717) is 0 Å². The predicted molar refractivity (Wildman–Crippen MR) is 66.9 cm³/mol. The predicted octanol–water partition coefficient (Wildman–Crippen LogP) is 1.25. The van der Waals surface area contributed by atoms with Gasteiger partial charge in [0.05, 0.1) is 0 Å². The average Bonchev–Trinajstić information content (AvgIpc) is 2.19. The van der Waals surface area contributed by atoms with Crippen molar-refractivity contribution in [1.82, 2.24) is 4.90 Å². The molecule has 0 radical (unpaired) electrons. The summed E-state index contributed by atoms with van der Waals surface area (Å²) in [6.45, 7) is 1.25. The van der Waals surface area contributed by atoms with Crippen LogP contribution in [0, 0.1) is 0 Å². The Balaban J connectivity index is 0.000000325. The molecule has 2 N–H and O–H groups in total. The monoisotopic (exact) mass is 267 g/mol. The van der Waals surface area contributed by atoms with Gasteiger partial charge in [0.15, 0.2) is 0 Å². The van der Waals surface area contributed by atoms with Crippen LogP contribution in [0.1, 0.15) is 12.8 Å². The normalized spacial score (nSPS) is 19.8. The van der Waals surface area contributed by atoms with E-state index in [4.69, 9.17) is 19.8 Å². The Morgan fingerprint density at radius 1 is 1.31 bits per heavy atom. The van der Waals surface area contributed by atoms with E-state index < -0.39 is 11.9 Å². The van der Waals surface area contributed by atoms with Gasteiger partial charge < -0.3 is 15.1 Å². The third kappa shape index (κ3) is 8.87. The molecule has 1 aliphatic rings. The lowest BCUT2D eigenvalue weighted by Gasteiger charge is -2.23.